The summed E-state index contributed by atoms with van der Waals surface area (Å²) in [6, 6.07) is 7.61. The van der Waals surface area contributed by atoms with Crippen LogP contribution in [0.3, 0.4) is 0 Å². The summed E-state index contributed by atoms with van der Waals surface area (Å²) >= 11 is 6.02. The second-order valence-electron chi connectivity index (χ2n) is 4.59. The van der Waals surface area contributed by atoms with Gasteiger partial charge >= 0.3 is 0 Å². The van der Waals surface area contributed by atoms with E-state index in [1.807, 2.05) is 0 Å². The van der Waals surface area contributed by atoms with E-state index in [-0.39, 0.29) is 11.7 Å². The number of anilines is 1. The van der Waals surface area contributed by atoms with Crippen LogP contribution in [0.2, 0.25) is 5.02 Å². The lowest BCUT2D eigenvalue weighted by Crippen LogP contribution is -2.26. The lowest BCUT2D eigenvalue weighted by Gasteiger charge is -2.17. The van der Waals surface area contributed by atoms with Crippen molar-refractivity contribution in [1.29, 1.82) is 0 Å². The summed E-state index contributed by atoms with van der Waals surface area (Å²) in [6.45, 7) is 0.379. The van der Waals surface area contributed by atoms with E-state index in [9.17, 15) is 9.18 Å². The fraction of sp³-hybridized carbons (Fsp3) is 0.200. The van der Waals surface area contributed by atoms with Gasteiger partial charge in [-0.1, -0.05) is 23.7 Å². The number of hydrogen-bond donors (Lipinski definition) is 1. The highest BCUT2D eigenvalue weighted by atomic mass is 35.5. The molecule has 2 aromatic rings. The monoisotopic (exact) mass is 307 g/mol. The maximum atomic E-state index is 12.9. The highest BCUT2D eigenvalue weighted by Gasteiger charge is 2.14. The molecule has 2 rings (SSSR count). The van der Waals surface area contributed by atoms with Crippen molar-refractivity contribution in [3.8, 4) is 0 Å². The van der Waals surface area contributed by atoms with Gasteiger partial charge in [0.2, 0.25) is 0 Å². The van der Waals surface area contributed by atoms with Gasteiger partial charge in [-0.05, 0) is 23.8 Å². The van der Waals surface area contributed by atoms with Crippen LogP contribution in [0.25, 0.3) is 0 Å². The van der Waals surface area contributed by atoms with Crippen molar-refractivity contribution >= 4 is 23.3 Å². The Labute approximate surface area is 127 Å². The second kappa shape index (κ2) is 6.54. The number of carbonyl (C=O) groups is 1. The molecule has 1 N–H and O–H groups in total. The first-order chi connectivity index (χ1) is 10.0. The predicted octanol–water partition coefficient (Wildman–Crippen LogP) is 3.19. The average Bonchev–Trinajstić information content (AvgIpc) is 2.48. The number of rotatable bonds is 4. The van der Waals surface area contributed by atoms with Crippen LogP contribution in [0.5, 0.6) is 0 Å². The SMILES string of the molecule is CNc1ncc(C(=O)N(C)Cc2ccc(F)cc2)cc1Cl. The molecule has 0 atom stereocenters. The largest absolute Gasteiger partial charge is 0.372 e. The standard InChI is InChI=1S/C15H15ClFN3O/c1-18-14-13(16)7-11(8-19-14)15(21)20(2)9-10-3-5-12(17)6-4-10/h3-8H,9H2,1-2H3,(H,18,19). The lowest BCUT2D eigenvalue weighted by atomic mass is 10.2. The second-order valence-corrected chi connectivity index (χ2v) is 5.00. The van der Waals surface area contributed by atoms with Gasteiger partial charge in [0.05, 0.1) is 10.6 Å². The fourth-order valence-corrected chi connectivity index (χ4v) is 2.16. The highest BCUT2D eigenvalue weighted by molar-refractivity contribution is 6.33. The van der Waals surface area contributed by atoms with E-state index in [0.717, 1.165) is 5.56 Å². The lowest BCUT2D eigenvalue weighted by molar-refractivity contribution is 0.0784. The molecule has 0 aliphatic carbocycles. The maximum absolute atomic E-state index is 12.9. The number of nitrogens with zero attached hydrogens (tertiary/aromatic N) is 2. The van der Waals surface area contributed by atoms with E-state index in [1.165, 1.54) is 23.2 Å². The molecule has 6 heteroatoms. The van der Waals surface area contributed by atoms with Crippen LogP contribution in [0.1, 0.15) is 15.9 Å². The Morgan fingerprint density at radius 3 is 2.62 bits per heavy atom. The summed E-state index contributed by atoms with van der Waals surface area (Å²) < 4.78 is 12.9. The molecule has 0 fully saturated rings. The van der Waals surface area contributed by atoms with Gasteiger partial charge in [-0.15, -0.1) is 0 Å². The predicted molar refractivity (Wildman–Crippen MR) is 81.0 cm³/mol. The van der Waals surface area contributed by atoms with Gasteiger partial charge in [-0.2, -0.15) is 0 Å². The van der Waals surface area contributed by atoms with Crippen molar-refractivity contribution in [2.45, 2.75) is 6.54 Å². The normalized spacial score (nSPS) is 10.3. The van der Waals surface area contributed by atoms with Gasteiger partial charge in [0.1, 0.15) is 11.6 Å². The molecular weight excluding hydrogens is 293 g/mol. The molecule has 0 saturated heterocycles. The zero-order chi connectivity index (χ0) is 15.4. The van der Waals surface area contributed by atoms with Crippen LogP contribution in [0.4, 0.5) is 10.2 Å². The van der Waals surface area contributed by atoms with E-state index in [4.69, 9.17) is 11.6 Å². The molecule has 0 spiro atoms. The van der Waals surface area contributed by atoms with E-state index in [1.54, 1.807) is 32.3 Å². The fourth-order valence-electron chi connectivity index (χ4n) is 1.89. The highest BCUT2D eigenvalue weighted by Crippen LogP contribution is 2.20. The third kappa shape index (κ3) is 3.70. The molecule has 0 unspecified atom stereocenters. The van der Waals surface area contributed by atoms with Crippen molar-refractivity contribution in [2.24, 2.45) is 0 Å². The first-order valence-corrected chi connectivity index (χ1v) is 6.72. The van der Waals surface area contributed by atoms with E-state index in [0.29, 0.717) is 22.9 Å². The molecule has 0 bridgehead atoms. The smallest absolute Gasteiger partial charge is 0.255 e. The number of nitrogens with one attached hydrogen (secondary N) is 1. The van der Waals surface area contributed by atoms with E-state index < -0.39 is 0 Å². The van der Waals surface area contributed by atoms with Crippen molar-refractivity contribution in [3.05, 3.63) is 58.5 Å². The van der Waals surface area contributed by atoms with E-state index in [2.05, 4.69) is 10.3 Å². The number of halogens is 2. The van der Waals surface area contributed by atoms with Crippen molar-refractivity contribution in [2.75, 3.05) is 19.4 Å². The Bertz CT molecular complexity index is 646. The number of aromatic nitrogens is 1. The Balaban J connectivity index is 2.11. The Kier molecular flexibility index (Phi) is 4.75. The van der Waals surface area contributed by atoms with Crippen LogP contribution in [0.15, 0.2) is 36.5 Å². The van der Waals surface area contributed by atoms with Crippen LogP contribution in [-0.2, 0) is 6.54 Å². The number of hydrogen-bond acceptors (Lipinski definition) is 3. The number of carbonyl (C=O) groups excluding carboxylic acids is 1. The molecule has 1 heterocycles. The third-order valence-corrected chi connectivity index (χ3v) is 3.29. The topological polar surface area (TPSA) is 45.2 Å². The van der Waals surface area contributed by atoms with E-state index >= 15 is 0 Å². The van der Waals surface area contributed by atoms with Crippen LogP contribution in [-0.4, -0.2) is 29.9 Å². The van der Waals surface area contributed by atoms with Gasteiger partial charge < -0.3 is 10.2 Å². The molecule has 0 radical (unpaired) electrons. The minimum Gasteiger partial charge on any atom is -0.372 e. The molecule has 0 aliphatic rings. The third-order valence-electron chi connectivity index (χ3n) is 3.00. The molecule has 0 aliphatic heterocycles. The zero-order valence-electron chi connectivity index (χ0n) is 11.7. The number of pyridine rings is 1. The molecule has 1 amide bonds. The Hall–Kier alpha value is -2.14. The summed E-state index contributed by atoms with van der Waals surface area (Å²) in [7, 11) is 3.38. The van der Waals surface area contributed by atoms with Gasteiger partial charge in [0.15, 0.2) is 0 Å². The molecule has 1 aromatic heterocycles. The van der Waals surface area contributed by atoms with Gasteiger partial charge in [-0.25, -0.2) is 9.37 Å². The summed E-state index contributed by atoms with van der Waals surface area (Å²) in [6.07, 6.45) is 1.47. The van der Waals surface area contributed by atoms with Crippen LogP contribution in [0, 0.1) is 5.82 Å². The average molecular weight is 308 g/mol. The summed E-state index contributed by atoms with van der Waals surface area (Å²) in [4.78, 5) is 17.9. The molecule has 110 valence electrons. The van der Waals surface area contributed by atoms with Crippen LogP contribution < -0.4 is 5.32 Å². The Morgan fingerprint density at radius 2 is 2.05 bits per heavy atom. The molecule has 4 nitrogen and oxygen atoms in total. The number of benzene rings is 1. The van der Waals surface area contributed by atoms with Crippen molar-refractivity contribution < 1.29 is 9.18 Å². The van der Waals surface area contributed by atoms with Gasteiger partial charge in [0.25, 0.3) is 5.91 Å². The molecule has 0 saturated carbocycles. The summed E-state index contributed by atoms with van der Waals surface area (Å²) in [5, 5.41) is 3.22. The molecule has 1 aromatic carbocycles. The van der Waals surface area contributed by atoms with Crippen molar-refractivity contribution in [1.82, 2.24) is 9.88 Å². The molecule has 21 heavy (non-hydrogen) atoms. The summed E-state index contributed by atoms with van der Waals surface area (Å²) in [5.74, 6) is 0.0251. The zero-order valence-corrected chi connectivity index (χ0v) is 12.5. The quantitative estimate of drug-likeness (QED) is 0.943. The number of amides is 1. The van der Waals surface area contributed by atoms with Crippen molar-refractivity contribution in [3.63, 3.8) is 0 Å². The first-order valence-electron chi connectivity index (χ1n) is 6.34. The first kappa shape index (κ1) is 15.3. The minimum atomic E-state index is -0.300. The van der Waals surface area contributed by atoms with Gasteiger partial charge in [-0.3, -0.25) is 4.79 Å². The van der Waals surface area contributed by atoms with Gasteiger partial charge in [0, 0.05) is 26.8 Å². The van der Waals surface area contributed by atoms with Crippen LogP contribution >= 0.6 is 11.6 Å². The minimum absolute atomic E-state index is 0.198. The maximum Gasteiger partial charge on any atom is 0.255 e. The summed E-state index contributed by atoms with van der Waals surface area (Å²) in [5.41, 5.74) is 1.25. The molecular formula is C15H15ClFN3O. The Morgan fingerprint density at radius 1 is 1.38 bits per heavy atom.